The van der Waals surface area contributed by atoms with Gasteiger partial charge in [-0.3, -0.25) is 9.59 Å². The summed E-state index contributed by atoms with van der Waals surface area (Å²) in [5.74, 6) is -1.76. The summed E-state index contributed by atoms with van der Waals surface area (Å²) in [6.07, 6.45) is -1.84. The smallest absolute Gasteiger partial charge is 0.368 e. The van der Waals surface area contributed by atoms with Gasteiger partial charge in [-0.2, -0.15) is 13.2 Å². The summed E-state index contributed by atoms with van der Waals surface area (Å²) in [7, 11) is 3.29. The minimum Gasteiger partial charge on any atom is -0.368 e. The zero-order valence-electron chi connectivity index (χ0n) is 23.6. The van der Waals surface area contributed by atoms with Crippen LogP contribution in [0.15, 0.2) is 30.3 Å². The first kappa shape index (κ1) is 32.3. The molecule has 2 aromatic rings. The number of piperidine rings is 2. The number of halogens is 6. The van der Waals surface area contributed by atoms with Crippen LogP contribution in [0, 0.1) is 17.2 Å². The molecule has 1 aromatic heterocycles. The van der Waals surface area contributed by atoms with Gasteiger partial charge in [0.15, 0.2) is 0 Å². The Balaban J connectivity index is 1.36. The molecule has 0 unspecified atom stereocenters. The minimum atomic E-state index is -5.38. The van der Waals surface area contributed by atoms with Crippen LogP contribution in [0.2, 0.25) is 10.2 Å². The summed E-state index contributed by atoms with van der Waals surface area (Å²) in [6, 6.07) is 5.52. The molecular weight excluding hydrogens is 599 g/mol. The SMILES string of the molecule is CN(C)C(=O)c1ccc(N2CCC(CC3(C)CCN(C(=O)[C@](O)(c4cc(F)cc(Cl)c4)C(F)(F)F)CC3)CC2)nc1Cl. The average molecular weight is 634 g/mol. The number of pyridine rings is 1. The van der Waals surface area contributed by atoms with E-state index in [9.17, 15) is 32.3 Å². The van der Waals surface area contributed by atoms with E-state index in [1.165, 1.54) is 4.90 Å². The molecule has 230 valence electrons. The summed E-state index contributed by atoms with van der Waals surface area (Å²) in [5.41, 5.74) is -4.71. The number of rotatable bonds is 6. The maximum Gasteiger partial charge on any atom is 0.430 e. The zero-order valence-corrected chi connectivity index (χ0v) is 25.2. The molecule has 2 aliphatic rings. The molecular formula is C29H34Cl2F4N4O3. The number of aromatic nitrogens is 1. The topological polar surface area (TPSA) is 77.0 Å². The van der Waals surface area contributed by atoms with Gasteiger partial charge in [-0.05, 0) is 73.8 Å². The molecule has 1 N–H and O–H groups in total. The minimum absolute atomic E-state index is 0.0378. The second kappa shape index (κ2) is 12.2. The van der Waals surface area contributed by atoms with E-state index < -0.39 is 29.1 Å². The van der Waals surface area contributed by atoms with Gasteiger partial charge in [-0.15, -0.1) is 0 Å². The third-order valence-corrected chi connectivity index (χ3v) is 8.95. The molecule has 2 amide bonds. The molecule has 4 rings (SSSR count). The number of amides is 2. The lowest BCUT2D eigenvalue weighted by atomic mass is 9.71. The highest BCUT2D eigenvalue weighted by Crippen LogP contribution is 2.45. The number of aliphatic hydroxyl groups is 1. The van der Waals surface area contributed by atoms with Gasteiger partial charge in [-0.1, -0.05) is 30.1 Å². The quantitative estimate of drug-likeness (QED) is 0.316. The van der Waals surface area contributed by atoms with Gasteiger partial charge < -0.3 is 19.8 Å². The van der Waals surface area contributed by atoms with Crippen molar-refractivity contribution in [1.29, 1.82) is 0 Å². The van der Waals surface area contributed by atoms with Crippen molar-refractivity contribution in [3.8, 4) is 0 Å². The van der Waals surface area contributed by atoms with Crippen LogP contribution in [0.1, 0.15) is 54.9 Å². The van der Waals surface area contributed by atoms with Crippen LogP contribution < -0.4 is 4.90 Å². The van der Waals surface area contributed by atoms with E-state index in [0.29, 0.717) is 36.2 Å². The Morgan fingerprint density at radius 2 is 1.69 bits per heavy atom. The fraction of sp³-hybridized carbons (Fsp3) is 0.552. The van der Waals surface area contributed by atoms with Crippen molar-refractivity contribution in [2.75, 3.05) is 45.2 Å². The van der Waals surface area contributed by atoms with Crippen LogP contribution >= 0.6 is 23.2 Å². The predicted octanol–water partition coefficient (Wildman–Crippen LogP) is 5.91. The van der Waals surface area contributed by atoms with Crippen LogP contribution in [0.5, 0.6) is 0 Å². The maximum absolute atomic E-state index is 14.1. The Morgan fingerprint density at radius 1 is 1.07 bits per heavy atom. The number of carbonyl (C=O) groups excluding carboxylic acids is 2. The molecule has 0 bridgehead atoms. The van der Waals surface area contributed by atoms with Gasteiger partial charge in [0, 0.05) is 50.9 Å². The Morgan fingerprint density at radius 3 is 2.21 bits per heavy atom. The number of anilines is 1. The van der Waals surface area contributed by atoms with Crippen LogP contribution in [-0.2, 0) is 10.4 Å². The third kappa shape index (κ3) is 6.63. The van der Waals surface area contributed by atoms with Gasteiger partial charge in [0.25, 0.3) is 17.4 Å². The van der Waals surface area contributed by atoms with E-state index in [-0.39, 0.29) is 34.6 Å². The van der Waals surface area contributed by atoms with Gasteiger partial charge in [0.05, 0.1) is 5.56 Å². The lowest BCUT2D eigenvalue weighted by molar-refractivity contribution is -0.262. The van der Waals surface area contributed by atoms with Crippen molar-refractivity contribution in [2.45, 2.75) is 50.8 Å². The van der Waals surface area contributed by atoms with E-state index in [2.05, 4.69) is 16.8 Å². The Bertz CT molecular complexity index is 1310. The molecule has 2 saturated heterocycles. The van der Waals surface area contributed by atoms with Gasteiger partial charge in [-0.25, -0.2) is 9.37 Å². The lowest BCUT2D eigenvalue weighted by Gasteiger charge is -2.44. The number of benzene rings is 1. The lowest BCUT2D eigenvalue weighted by Crippen LogP contribution is -2.57. The highest BCUT2D eigenvalue weighted by atomic mass is 35.5. The molecule has 0 radical (unpaired) electrons. The van der Waals surface area contributed by atoms with Gasteiger partial charge in [0.2, 0.25) is 0 Å². The summed E-state index contributed by atoms with van der Waals surface area (Å²) in [4.78, 5) is 34.4. The molecule has 1 atom stereocenters. The molecule has 2 fully saturated rings. The molecule has 0 spiro atoms. The first-order valence-corrected chi connectivity index (χ1v) is 14.5. The molecule has 42 heavy (non-hydrogen) atoms. The molecule has 13 heteroatoms. The summed E-state index contributed by atoms with van der Waals surface area (Å²) >= 11 is 12.0. The summed E-state index contributed by atoms with van der Waals surface area (Å²) < 4.78 is 56.1. The van der Waals surface area contributed by atoms with Crippen molar-refractivity contribution in [1.82, 2.24) is 14.8 Å². The van der Waals surface area contributed by atoms with Crippen LogP contribution in [0.25, 0.3) is 0 Å². The second-order valence-electron chi connectivity index (χ2n) is 11.8. The van der Waals surface area contributed by atoms with Crippen molar-refractivity contribution in [2.24, 2.45) is 11.3 Å². The van der Waals surface area contributed by atoms with E-state index in [1.807, 2.05) is 0 Å². The predicted molar refractivity (Wildman–Crippen MR) is 152 cm³/mol. The Kier molecular flexibility index (Phi) is 9.35. The summed E-state index contributed by atoms with van der Waals surface area (Å²) in [5, 5.41) is 10.5. The van der Waals surface area contributed by atoms with E-state index in [0.717, 1.165) is 49.4 Å². The van der Waals surface area contributed by atoms with Crippen LogP contribution in [-0.4, -0.2) is 78.2 Å². The second-order valence-corrected chi connectivity index (χ2v) is 12.6. The Labute approximate surface area is 252 Å². The fourth-order valence-electron chi connectivity index (χ4n) is 5.92. The molecule has 1 aromatic carbocycles. The third-order valence-electron chi connectivity index (χ3n) is 8.45. The van der Waals surface area contributed by atoms with Crippen molar-refractivity contribution in [3.05, 3.63) is 57.5 Å². The first-order valence-electron chi connectivity index (χ1n) is 13.7. The highest BCUT2D eigenvalue weighted by Gasteiger charge is 2.62. The number of alkyl halides is 3. The number of hydrogen-bond acceptors (Lipinski definition) is 5. The van der Waals surface area contributed by atoms with Gasteiger partial charge >= 0.3 is 6.18 Å². The molecule has 0 aliphatic carbocycles. The summed E-state index contributed by atoms with van der Waals surface area (Å²) in [6.45, 7) is 3.63. The molecule has 3 heterocycles. The number of hydrogen-bond donors (Lipinski definition) is 1. The van der Waals surface area contributed by atoms with Crippen molar-refractivity contribution in [3.63, 3.8) is 0 Å². The normalized spacial score (nSPS) is 19.4. The monoisotopic (exact) mass is 632 g/mol. The number of carbonyl (C=O) groups is 2. The van der Waals surface area contributed by atoms with Crippen molar-refractivity contribution < 1.29 is 32.3 Å². The number of nitrogens with zero attached hydrogens (tertiary/aromatic N) is 4. The van der Waals surface area contributed by atoms with Gasteiger partial charge in [0.1, 0.15) is 16.8 Å². The zero-order chi connectivity index (χ0) is 31.0. The standard InChI is InChI=1S/C29H34Cl2F4N4O3/c1-27(17-18-6-10-38(11-7-18)23-5-4-22(24(31)36-23)25(40)37(2)3)8-12-39(13-9-27)26(41)28(42,29(33,34)35)19-14-20(30)16-21(32)15-19/h4-5,14-16,18,42H,6-13,17H2,1-3H3/t28-/m1/s1. The fourth-order valence-corrected chi connectivity index (χ4v) is 6.37. The molecule has 0 saturated carbocycles. The first-order chi connectivity index (χ1) is 19.5. The largest absolute Gasteiger partial charge is 0.430 e. The highest BCUT2D eigenvalue weighted by molar-refractivity contribution is 6.32. The Hall–Kier alpha value is -2.63. The average Bonchev–Trinajstić information content (AvgIpc) is 2.91. The molecule has 2 aliphatic heterocycles. The van der Waals surface area contributed by atoms with E-state index >= 15 is 0 Å². The van der Waals surface area contributed by atoms with Crippen LogP contribution in [0.3, 0.4) is 0 Å². The van der Waals surface area contributed by atoms with E-state index in [4.69, 9.17) is 23.2 Å². The van der Waals surface area contributed by atoms with E-state index in [1.54, 1.807) is 26.2 Å². The molecule has 7 nitrogen and oxygen atoms in total. The maximum atomic E-state index is 14.1. The number of likely N-dealkylation sites (tertiary alicyclic amines) is 1. The van der Waals surface area contributed by atoms with Crippen molar-refractivity contribution >= 4 is 40.8 Å². The van der Waals surface area contributed by atoms with Crippen LogP contribution in [0.4, 0.5) is 23.4 Å².